The summed E-state index contributed by atoms with van der Waals surface area (Å²) in [5, 5.41) is 0. The Hall–Kier alpha value is -2.58. The highest BCUT2D eigenvalue weighted by Gasteiger charge is 2.22. The van der Waals surface area contributed by atoms with E-state index in [0.29, 0.717) is 5.56 Å². The first-order valence-corrected chi connectivity index (χ1v) is 9.74. The molecule has 1 nitrogen and oxygen atoms in total. The van der Waals surface area contributed by atoms with Gasteiger partial charge in [0.05, 0.1) is 0 Å². The summed E-state index contributed by atoms with van der Waals surface area (Å²) in [6.45, 7) is 4.25. The van der Waals surface area contributed by atoms with E-state index in [4.69, 9.17) is 0 Å². The molecule has 128 valence electrons. The minimum atomic E-state index is 0.709. The molecule has 0 atom stereocenters. The average Bonchev–Trinajstić information content (AvgIpc) is 2.68. The quantitative estimate of drug-likeness (QED) is 0.521. The van der Waals surface area contributed by atoms with Gasteiger partial charge >= 0.3 is 0 Å². The average molecular weight is 356 g/mol. The molecule has 26 heavy (non-hydrogen) atoms. The molecule has 0 spiro atoms. The molecule has 0 fully saturated rings. The third kappa shape index (κ3) is 3.13. The summed E-state index contributed by atoms with van der Waals surface area (Å²) in [7, 11) is 0. The van der Waals surface area contributed by atoms with Gasteiger partial charge in [0.1, 0.15) is 6.29 Å². The molecule has 0 saturated carbocycles. The maximum atomic E-state index is 11.0. The first-order chi connectivity index (χ1) is 12.7. The van der Waals surface area contributed by atoms with E-state index < -0.39 is 0 Å². The molecular weight excluding hydrogens is 336 g/mol. The number of hydrogen-bond acceptors (Lipinski definition) is 2. The van der Waals surface area contributed by atoms with Gasteiger partial charge in [-0.15, -0.1) is 11.8 Å². The van der Waals surface area contributed by atoms with Crippen LogP contribution in [0.4, 0.5) is 0 Å². The lowest BCUT2D eigenvalue weighted by molar-refractivity contribution is 0.112. The van der Waals surface area contributed by atoms with Crippen LogP contribution in [0.5, 0.6) is 0 Å². The Bertz CT molecular complexity index is 995. The zero-order valence-corrected chi connectivity index (χ0v) is 15.8. The Balaban J connectivity index is 1.95. The fraction of sp³-hybridized carbons (Fsp3) is 0.125. The van der Waals surface area contributed by atoms with Crippen molar-refractivity contribution in [2.24, 2.45) is 0 Å². The van der Waals surface area contributed by atoms with Crippen LogP contribution in [-0.2, 0) is 0 Å². The molecule has 0 unspecified atom stereocenters. The molecule has 4 rings (SSSR count). The lowest BCUT2D eigenvalue weighted by Crippen LogP contribution is -2.04. The lowest BCUT2D eigenvalue weighted by Gasteiger charge is -2.24. The fourth-order valence-electron chi connectivity index (χ4n) is 3.38. The van der Waals surface area contributed by atoms with Crippen LogP contribution in [0, 0.1) is 13.8 Å². The number of carbonyl (C=O) groups is 1. The van der Waals surface area contributed by atoms with Gasteiger partial charge in [-0.25, -0.2) is 0 Å². The Kier molecular flexibility index (Phi) is 4.52. The summed E-state index contributed by atoms with van der Waals surface area (Å²) in [6, 6.07) is 23.4. The fourth-order valence-corrected chi connectivity index (χ4v) is 4.59. The summed E-state index contributed by atoms with van der Waals surface area (Å²) in [4.78, 5) is 12.4. The van der Waals surface area contributed by atoms with Gasteiger partial charge < -0.3 is 0 Å². The van der Waals surface area contributed by atoms with Gasteiger partial charge in [0, 0.05) is 16.2 Å². The van der Waals surface area contributed by atoms with Crippen LogP contribution in [0.3, 0.4) is 0 Å². The van der Waals surface area contributed by atoms with E-state index in [9.17, 15) is 4.79 Å². The summed E-state index contributed by atoms with van der Waals surface area (Å²) in [5.41, 5.74) is 9.60. The predicted octanol–water partition coefficient (Wildman–Crippen LogP) is 6.18. The molecule has 1 aliphatic rings. The molecule has 0 N–H and O–H groups in total. The van der Waals surface area contributed by atoms with E-state index in [1.165, 1.54) is 38.3 Å². The van der Waals surface area contributed by atoms with E-state index >= 15 is 0 Å². The predicted molar refractivity (Wildman–Crippen MR) is 111 cm³/mol. The van der Waals surface area contributed by atoms with Crippen LogP contribution in [0.1, 0.15) is 38.2 Å². The van der Waals surface area contributed by atoms with Crippen molar-refractivity contribution in [3.05, 3.63) is 100 Å². The maximum Gasteiger partial charge on any atom is 0.150 e. The maximum absolute atomic E-state index is 11.0. The van der Waals surface area contributed by atoms with Crippen LogP contribution >= 0.6 is 11.8 Å². The lowest BCUT2D eigenvalue weighted by atomic mass is 9.89. The molecular formula is C24H20OS. The highest BCUT2D eigenvalue weighted by molar-refractivity contribution is 7.99. The Morgan fingerprint density at radius 1 is 0.808 bits per heavy atom. The summed E-state index contributed by atoms with van der Waals surface area (Å²) < 4.78 is 0. The first kappa shape index (κ1) is 16.9. The standard InChI is InChI=1S/C24H20OS/c1-16-3-8-19(9-4-16)22-15-26-23-13-17(2)5-12-21(23)24(22)20-10-6-18(14-25)7-11-20/h3-14H,15H2,1-2H3. The number of benzene rings is 3. The molecule has 0 bridgehead atoms. The van der Waals surface area contributed by atoms with Crippen molar-refractivity contribution in [1.82, 2.24) is 0 Å². The van der Waals surface area contributed by atoms with E-state index in [-0.39, 0.29) is 0 Å². The molecule has 1 heterocycles. The molecule has 1 aliphatic heterocycles. The summed E-state index contributed by atoms with van der Waals surface area (Å²) in [6.07, 6.45) is 0.896. The van der Waals surface area contributed by atoms with Crippen molar-refractivity contribution in [2.45, 2.75) is 18.7 Å². The van der Waals surface area contributed by atoms with Crippen molar-refractivity contribution in [1.29, 1.82) is 0 Å². The number of hydrogen-bond donors (Lipinski definition) is 0. The van der Waals surface area contributed by atoms with Gasteiger partial charge in [-0.05, 0) is 53.3 Å². The number of rotatable bonds is 3. The largest absolute Gasteiger partial charge is 0.298 e. The minimum Gasteiger partial charge on any atom is -0.298 e. The Morgan fingerprint density at radius 3 is 2.15 bits per heavy atom. The molecule has 0 saturated heterocycles. The third-order valence-corrected chi connectivity index (χ3v) is 5.90. The van der Waals surface area contributed by atoms with Crippen LogP contribution in [-0.4, -0.2) is 12.0 Å². The normalized spacial score (nSPS) is 13.5. The smallest absolute Gasteiger partial charge is 0.150 e. The van der Waals surface area contributed by atoms with Gasteiger partial charge in [0.2, 0.25) is 0 Å². The number of carbonyl (C=O) groups excluding carboxylic acids is 1. The monoisotopic (exact) mass is 356 g/mol. The number of thioether (sulfide) groups is 1. The summed E-state index contributed by atoms with van der Waals surface area (Å²) >= 11 is 1.90. The molecule has 2 heteroatoms. The van der Waals surface area contributed by atoms with Gasteiger partial charge in [0.15, 0.2) is 0 Å². The topological polar surface area (TPSA) is 17.1 Å². The SMILES string of the molecule is Cc1ccc(C2=C(c3ccc(C=O)cc3)c3ccc(C)cc3SC2)cc1. The van der Waals surface area contributed by atoms with E-state index in [0.717, 1.165) is 17.6 Å². The zero-order chi connectivity index (χ0) is 18.1. The van der Waals surface area contributed by atoms with E-state index in [2.05, 4.69) is 68.4 Å². The van der Waals surface area contributed by atoms with E-state index in [1.807, 2.05) is 23.9 Å². The van der Waals surface area contributed by atoms with Crippen LogP contribution in [0.2, 0.25) is 0 Å². The van der Waals surface area contributed by atoms with Gasteiger partial charge in [-0.2, -0.15) is 0 Å². The van der Waals surface area contributed by atoms with Crippen LogP contribution in [0.25, 0.3) is 11.1 Å². The van der Waals surface area contributed by atoms with Crippen molar-refractivity contribution >= 4 is 29.2 Å². The van der Waals surface area contributed by atoms with Crippen LogP contribution in [0.15, 0.2) is 71.6 Å². The second-order valence-corrected chi connectivity index (χ2v) is 7.76. The van der Waals surface area contributed by atoms with Crippen molar-refractivity contribution in [2.75, 3.05) is 5.75 Å². The molecule has 0 radical (unpaired) electrons. The van der Waals surface area contributed by atoms with Crippen molar-refractivity contribution < 1.29 is 4.79 Å². The number of aryl methyl sites for hydroxylation is 2. The summed E-state index contributed by atoms with van der Waals surface area (Å²) in [5.74, 6) is 0.949. The first-order valence-electron chi connectivity index (χ1n) is 8.75. The van der Waals surface area contributed by atoms with Gasteiger partial charge in [-0.1, -0.05) is 66.2 Å². The van der Waals surface area contributed by atoms with Gasteiger partial charge in [0.25, 0.3) is 0 Å². The second-order valence-electron chi connectivity index (χ2n) is 6.75. The Labute approximate surface area is 158 Å². The second kappa shape index (κ2) is 6.97. The Morgan fingerprint density at radius 2 is 1.46 bits per heavy atom. The molecule has 0 aliphatic carbocycles. The van der Waals surface area contributed by atoms with Crippen molar-refractivity contribution in [3.63, 3.8) is 0 Å². The zero-order valence-electron chi connectivity index (χ0n) is 15.0. The van der Waals surface area contributed by atoms with Gasteiger partial charge in [-0.3, -0.25) is 4.79 Å². The molecule has 3 aromatic rings. The third-order valence-electron chi connectivity index (χ3n) is 4.82. The minimum absolute atomic E-state index is 0.709. The highest BCUT2D eigenvalue weighted by atomic mass is 32.2. The number of aldehydes is 1. The van der Waals surface area contributed by atoms with Crippen LogP contribution < -0.4 is 0 Å². The molecule has 3 aromatic carbocycles. The number of fused-ring (bicyclic) bond motifs is 1. The molecule has 0 aromatic heterocycles. The molecule has 0 amide bonds. The van der Waals surface area contributed by atoms with E-state index in [1.54, 1.807) is 0 Å². The highest BCUT2D eigenvalue weighted by Crippen LogP contribution is 2.44. The van der Waals surface area contributed by atoms with Crippen molar-refractivity contribution in [3.8, 4) is 0 Å².